The Bertz CT molecular complexity index is 1020. The first-order valence-electron chi connectivity index (χ1n) is 8.92. The van der Waals surface area contributed by atoms with E-state index < -0.39 is 21.5 Å². The maximum Gasteiger partial charge on any atom is 0.332 e. The molecular formula is C21H24ClNO5S. The van der Waals surface area contributed by atoms with Crippen LogP contribution < -0.4 is 4.72 Å². The lowest BCUT2D eigenvalue weighted by Gasteiger charge is -2.20. The topological polar surface area (TPSA) is 104 Å². The Labute approximate surface area is 175 Å². The van der Waals surface area contributed by atoms with E-state index in [1.165, 1.54) is 12.1 Å². The number of carbonyl (C=O) groups is 1. The van der Waals surface area contributed by atoms with Crippen LogP contribution in [0, 0.1) is 0 Å². The average molecular weight is 438 g/mol. The van der Waals surface area contributed by atoms with E-state index in [1.54, 1.807) is 57.2 Å². The summed E-state index contributed by atoms with van der Waals surface area (Å²) in [4.78, 5) is 11.9. The van der Waals surface area contributed by atoms with Crippen LogP contribution >= 0.6 is 11.6 Å². The van der Waals surface area contributed by atoms with E-state index in [-0.39, 0.29) is 23.5 Å². The molecule has 2 aromatic rings. The Morgan fingerprint density at radius 2 is 1.69 bits per heavy atom. The lowest BCUT2D eigenvalue weighted by atomic mass is 9.91. The Hall–Kier alpha value is -2.19. The minimum Gasteiger partial charge on any atom is -0.478 e. The molecule has 0 amide bonds. The number of carboxylic acids is 1. The molecule has 156 valence electrons. The summed E-state index contributed by atoms with van der Waals surface area (Å²) in [5, 5.41) is 19.4. The molecule has 0 saturated heterocycles. The number of aliphatic carboxylic acids is 1. The molecule has 0 saturated carbocycles. The van der Waals surface area contributed by atoms with Gasteiger partial charge in [0.05, 0.1) is 4.90 Å². The molecule has 2 rings (SSSR count). The molecule has 0 bridgehead atoms. The highest BCUT2D eigenvalue weighted by Gasteiger charge is 2.23. The molecule has 0 aromatic heterocycles. The van der Waals surface area contributed by atoms with E-state index >= 15 is 0 Å². The van der Waals surface area contributed by atoms with Crippen molar-refractivity contribution >= 4 is 33.2 Å². The van der Waals surface area contributed by atoms with Gasteiger partial charge in [0, 0.05) is 29.2 Å². The van der Waals surface area contributed by atoms with Gasteiger partial charge in [-0.3, -0.25) is 0 Å². The Balaban J connectivity index is 2.61. The van der Waals surface area contributed by atoms with E-state index in [0.717, 1.165) is 0 Å². The number of aliphatic hydroxyl groups is 1. The number of rotatable bonds is 7. The zero-order valence-electron chi connectivity index (χ0n) is 16.4. The van der Waals surface area contributed by atoms with Gasteiger partial charge in [-0.2, -0.15) is 0 Å². The quantitative estimate of drug-likeness (QED) is 0.573. The van der Waals surface area contributed by atoms with Crippen LogP contribution in [0.2, 0.25) is 5.02 Å². The van der Waals surface area contributed by atoms with Crippen LogP contribution in [0.1, 0.15) is 38.3 Å². The maximum atomic E-state index is 12.5. The van der Waals surface area contributed by atoms with E-state index in [1.807, 2.05) is 0 Å². The van der Waals surface area contributed by atoms with Crippen molar-refractivity contribution in [3.8, 4) is 0 Å². The third-order valence-electron chi connectivity index (χ3n) is 3.93. The second-order valence-electron chi connectivity index (χ2n) is 7.52. The SMILES string of the molecule is CC(C)(C)NS(=O)(=O)c1ccc(C(=C(CCO)C(=O)O)c2cccc(Cl)c2)cc1. The van der Waals surface area contributed by atoms with Gasteiger partial charge in [0.2, 0.25) is 10.0 Å². The Morgan fingerprint density at radius 3 is 2.17 bits per heavy atom. The number of hydrogen-bond acceptors (Lipinski definition) is 4. The molecule has 0 fully saturated rings. The van der Waals surface area contributed by atoms with Gasteiger partial charge in [-0.1, -0.05) is 35.9 Å². The number of nitrogens with one attached hydrogen (secondary N) is 1. The first-order valence-corrected chi connectivity index (χ1v) is 10.8. The fourth-order valence-corrected chi connectivity index (χ4v) is 4.48. The van der Waals surface area contributed by atoms with Gasteiger partial charge in [-0.05, 0) is 61.7 Å². The molecule has 0 radical (unpaired) electrons. The third kappa shape index (κ3) is 6.14. The summed E-state index contributed by atoms with van der Waals surface area (Å²) < 4.78 is 27.6. The van der Waals surface area contributed by atoms with Gasteiger partial charge in [-0.15, -0.1) is 0 Å². The number of halogens is 1. The van der Waals surface area contributed by atoms with E-state index in [2.05, 4.69) is 4.72 Å². The molecule has 6 nitrogen and oxygen atoms in total. The van der Waals surface area contributed by atoms with Crippen molar-refractivity contribution in [2.24, 2.45) is 0 Å². The predicted molar refractivity (Wildman–Crippen MR) is 113 cm³/mol. The van der Waals surface area contributed by atoms with Crippen molar-refractivity contribution < 1.29 is 23.4 Å². The normalized spacial score (nSPS) is 13.1. The van der Waals surface area contributed by atoms with E-state index in [0.29, 0.717) is 21.7 Å². The molecule has 0 unspecified atom stereocenters. The number of hydrogen-bond donors (Lipinski definition) is 3. The molecule has 3 N–H and O–H groups in total. The molecule has 8 heteroatoms. The molecule has 2 aromatic carbocycles. The molecule has 0 atom stereocenters. The second-order valence-corrected chi connectivity index (χ2v) is 9.64. The van der Waals surface area contributed by atoms with Gasteiger partial charge in [0.1, 0.15) is 0 Å². The summed E-state index contributed by atoms with van der Waals surface area (Å²) in [5.74, 6) is -1.17. The van der Waals surface area contributed by atoms with Crippen molar-refractivity contribution in [1.82, 2.24) is 4.72 Å². The number of benzene rings is 2. The molecule has 0 heterocycles. The highest BCUT2D eigenvalue weighted by molar-refractivity contribution is 7.89. The molecule has 0 aliphatic heterocycles. The fraction of sp³-hybridized carbons (Fsp3) is 0.286. The summed E-state index contributed by atoms with van der Waals surface area (Å²) in [6.07, 6.45) is -0.0667. The van der Waals surface area contributed by atoms with Crippen LogP contribution in [0.25, 0.3) is 5.57 Å². The number of sulfonamides is 1. The second kappa shape index (κ2) is 9.09. The average Bonchev–Trinajstić information content (AvgIpc) is 2.60. The van der Waals surface area contributed by atoms with Gasteiger partial charge in [0.25, 0.3) is 0 Å². The van der Waals surface area contributed by atoms with Crippen molar-refractivity contribution in [3.05, 3.63) is 70.3 Å². The summed E-state index contributed by atoms with van der Waals surface area (Å²) in [7, 11) is -3.72. The molecular weight excluding hydrogens is 414 g/mol. The standard InChI is InChI=1S/C21H24ClNO5S/c1-21(2,3)23-29(27,28)17-9-7-14(8-10-17)19(18(11-12-24)20(25)26)15-5-4-6-16(22)13-15/h4-10,13,23-24H,11-12H2,1-3H3,(H,25,26). The van der Waals surface area contributed by atoms with Crippen molar-refractivity contribution in [2.75, 3.05) is 6.61 Å². The van der Waals surface area contributed by atoms with Crippen molar-refractivity contribution in [1.29, 1.82) is 0 Å². The maximum absolute atomic E-state index is 12.5. The Morgan fingerprint density at radius 1 is 1.07 bits per heavy atom. The highest BCUT2D eigenvalue weighted by atomic mass is 35.5. The lowest BCUT2D eigenvalue weighted by molar-refractivity contribution is -0.132. The molecule has 0 spiro atoms. The fourth-order valence-electron chi connectivity index (χ4n) is 2.87. The van der Waals surface area contributed by atoms with E-state index in [4.69, 9.17) is 11.6 Å². The number of aliphatic hydroxyl groups excluding tert-OH is 1. The zero-order chi connectivity index (χ0) is 21.8. The van der Waals surface area contributed by atoms with Gasteiger partial charge >= 0.3 is 5.97 Å². The lowest BCUT2D eigenvalue weighted by Crippen LogP contribution is -2.40. The minimum atomic E-state index is -3.72. The predicted octanol–water partition coefficient (Wildman–Crippen LogP) is 3.69. The monoisotopic (exact) mass is 437 g/mol. The third-order valence-corrected chi connectivity index (χ3v) is 5.94. The summed E-state index contributed by atoms with van der Waals surface area (Å²) in [6.45, 7) is 4.89. The largest absolute Gasteiger partial charge is 0.478 e. The first kappa shape index (κ1) is 23.1. The summed E-state index contributed by atoms with van der Waals surface area (Å²) >= 11 is 6.08. The van der Waals surface area contributed by atoms with Gasteiger partial charge in [0.15, 0.2) is 0 Å². The van der Waals surface area contributed by atoms with Crippen LogP contribution in [-0.4, -0.2) is 36.7 Å². The van der Waals surface area contributed by atoms with Crippen LogP contribution in [0.3, 0.4) is 0 Å². The van der Waals surface area contributed by atoms with Crippen LogP contribution in [0.5, 0.6) is 0 Å². The first-order chi connectivity index (χ1) is 13.4. The molecule has 0 aliphatic carbocycles. The van der Waals surface area contributed by atoms with Crippen molar-refractivity contribution in [2.45, 2.75) is 37.6 Å². The Kier molecular flexibility index (Phi) is 7.24. The summed E-state index contributed by atoms with van der Waals surface area (Å²) in [5.41, 5.74) is 0.820. The van der Waals surface area contributed by atoms with Crippen LogP contribution in [0.4, 0.5) is 0 Å². The molecule has 29 heavy (non-hydrogen) atoms. The smallest absolute Gasteiger partial charge is 0.332 e. The van der Waals surface area contributed by atoms with Crippen LogP contribution in [-0.2, 0) is 14.8 Å². The highest BCUT2D eigenvalue weighted by Crippen LogP contribution is 2.31. The minimum absolute atomic E-state index is 0.0122. The van der Waals surface area contributed by atoms with Gasteiger partial charge < -0.3 is 10.2 Å². The summed E-state index contributed by atoms with van der Waals surface area (Å²) in [6, 6.07) is 12.7. The van der Waals surface area contributed by atoms with Crippen molar-refractivity contribution in [3.63, 3.8) is 0 Å². The zero-order valence-corrected chi connectivity index (χ0v) is 18.0. The van der Waals surface area contributed by atoms with Gasteiger partial charge in [-0.25, -0.2) is 17.9 Å². The molecule has 0 aliphatic rings. The number of carboxylic acid groups (broad SMARTS) is 1. The van der Waals surface area contributed by atoms with Crippen LogP contribution in [0.15, 0.2) is 59.0 Å². The van der Waals surface area contributed by atoms with E-state index in [9.17, 15) is 23.4 Å².